The molecule has 0 saturated carbocycles. The molecule has 5 rings (SSSR count). The number of amides is 1. The van der Waals surface area contributed by atoms with E-state index >= 15 is 0 Å². The van der Waals surface area contributed by atoms with Crippen LogP contribution in [0.15, 0.2) is 43.0 Å². The number of carbonyl (C=O) groups excluding carboxylic acids is 1. The van der Waals surface area contributed by atoms with Gasteiger partial charge in [0.25, 0.3) is 5.91 Å². The first-order chi connectivity index (χ1) is 15.9. The molecule has 1 aromatic carbocycles. The lowest BCUT2D eigenvalue weighted by Crippen LogP contribution is -2.35. The van der Waals surface area contributed by atoms with E-state index in [2.05, 4.69) is 20.7 Å². The van der Waals surface area contributed by atoms with Gasteiger partial charge in [0.05, 0.1) is 12.4 Å². The zero-order chi connectivity index (χ0) is 23.0. The van der Waals surface area contributed by atoms with E-state index in [9.17, 15) is 18.0 Å². The van der Waals surface area contributed by atoms with E-state index in [4.69, 9.17) is 9.47 Å². The fraction of sp³-hybridized carbons (Fsp3) is 0.381. The molecule has 2 N–H and O–H groups in total. The van der Waals surface area contributed by atoms with Crippen LogP contribution in [0.2, 0.25) is 0 Å². The molecule has 1 amide bonds. The van der Waals surface area contributed by atoms with Crippen molar-refractivity contribution in [1.82, 2.24) is 24.6 Å². The number of halogens is 3. The quantitative estimate of drug-likeness (QED) is 0.546. The number of imidazole rings is 1. The third kappa shape index (κ3) is 4.32. The number of nitrogens with zero attached hydrogens (tertiary/aromatic N) is 4. The first-order valence-electron chi connectivity index (χ1n) is 10.4. The predicted molar refractivity (Wildman–Crippen MR) is 110 cm³/mol. The second-order valence-corrected chi connectivity index (χ2v) is 7.87. The number of alkyl halides is 3. The molecule has 12 heteroatoms. The minimum Gasteiger partial charge on any atom is -0.454 e. The third-order valence-electron chi connectivity index (χ3n) is 5.66. The van der Waals surface area contributed by atoms with Crippen molar-refractivity contribution in [2.24, 2.45) is 0 Å². The summed E-state index contributed by atoms with van der Waals surface area (Å²) in [6, 6.07) is 3.90. The molecule has 0 fully saturated rings. The molecular formula is C21H21F3N6O3. The summed E-state index contributed by atoms with van der Waals surface area (Å²) in [5, 5.41) is 9.76. The van der Waals surface area contributed by atoms with Gasteiger partial charge < -0.3 is 24.7 Å². The number of hydrogen-bond acceptors (Lipinski definition) is 6. The average molecular weight is 462 g/mol. The maximum absolute atomic E-state index is 13.9. The van der Waals surface area contributed by atoms with Gasteiger partial charge >= 0.3 is 6.18 Å². The number of hydrogen-bond donors (Lipinski definition) is 2. The molecule has 4 heterocycles. The summed E-state index contributed by atoms with van der Waals surface area (Å²) < 4.78 is 55.0. The van der Waals surface area contributed by atoms with Crippen molar-refractivity contribution in [2.45, 2.75) is 37.6 Å². The topological polar surface area (TPSA) is 95.2 Å². The first kappa shape index (κ1) is 21.2. The minimum atomic E-state index is -4.53. The van der Waals surface area contributed by atoms with Gasteiger partial charge in [0.1, 0.15) is 5.82 Å². The third-order valence-corrected chi connectivity index (χ3v) is 5.66. The van der Waals surface area contributed by atoms with Crippen molar-refractivity contribution in [3.05, 3.63) is 54.2 Å². The van der Waals surface area contributed by atoms with E-state index in [1.807, 2.05) is 10.8 Å². The summed E-state index contributed by atoms with van der Waals surface area (Å²) >= 11 is 0. The van der Waals surface area contributed by atoms with E-state index in [0.29, 0.717) is 36.6 Å². The number of aryl methyl sites for hydroxylation is 1. The molecule has 0 radical (unpaired) electrons. The van der Waals surface area contributed by atoms with Gasteiger partial charge in [0.2, 0.25) is 6.79 Å². The van der Waals surface area contributed by atoms with Crippen molar-refractivity contribution < 1.29 is 27.4 Å². The SMILES string of the molecule is O=C(NCCCn1ccnc1)c1cc2n(n1)[C@@H](C(F)(F)F)C[C@H](c1ccc3c(c1)OCO3)N2. The Morgan fingerprint density at radius 2 is 2.09 bits per heavy atom. The highest BCUT2D eigenvalue weighted by molar-refractivity contribution is 5.93. The largest absolute Gasteiger partial charge is 0.454 e. The Morgan fingerprint density at radius 1 is 1.24 bits per heavy atom. The Kier molecular flexibility index (Phi) is 5.35. The Bertz CT molecular complexity index is 1140. The van der Waals surface area contributed by atoms with Crippen molar-refractivity contribution in [3.8, 4) is 11.5 Å². The summed E-state index contributed by atoms with van der Waals surface area (Å²) in [5.41, 5.74) is 0.562. The molecule has 2 atom stereocenters. The van der Waals surface area contributed by atoms with E-state index in [1.165, 1.54) is 6.07 Å². The molecule has 9 nitrogen and oxygen atoms in total. The van der Waals surface area contributed by atoms with Gasteiger partial charge in [-0.3, -0.25) is 4.79 Å². The Labute approximate surface area is 186 Å². The molecule has 174 valence electrons. The van der Waals surface area contributed by atoms with Crippen molar-refractivity contribution in [1.29, 1.82) is 0 Å². The molecule has 2 aliphatic heterocycles. The summed E-state index contributed by atoms with van der Waals surface area (Å²) in [5.74, 6) is 0.659. The Morgan fingerprint density at radius 3 is 2.88 bits per heavy atom. The number of rotatable bonds is 6. The van der Waals surface area contributed by atoms with Crippen molar-refractivity contribution in [3.63, 3.8) is 0 Å². The van der Waals surface area contributed by atoms with Crippen LogP contribution >= 0.6 is 0 Å². The van der Waals surface area contributed by atoms with Crippen LogP contribution in [0.3, 0.4) is 0 Å². The smallest absolute Gasteiger partial charge is 0.410 e. The molecule has 0 saturated heterocycles. The van der Waals surface area contributed by atoms with Crippen LogP contribution in [-0.4, -0.2) is 44.8 Å². The van der Waals surface area contributed by atoms with Crippen molar-refractivity contribution in [2.75, 3.05) is 18.7 Å². The normalized spacial score (nSPS) is 19.1. The minimum absolute atomic E-state index is 0.0688. The van der Waals surface area contributed by atoms with Gasteiger partial charge in [0.15, 0.2) is 23.2 Å². The lowest BCUT2D eigenvalue weighted by molar-refractivity contribution is -0.173. The summed E-state index contributed by atoms with van der Waals surface area (Å²) in [7, 11) is 0. The highest BCUT2D eigenvalue weighted by Crippen LogP contribution is 2.45. The highest BCUT2D eigenvalue weighted by atomic mass is 19.4. The van der Waals surface area contributed by atoms with Crippen molar-refractivity contribution >= 4 is 11.7 Å². The second-order valence-electron chi connectivity index (χ2n) is 7.87. The lowest BCUT2D eigenvalue weighted by Gasteiger charge is -2.33. The number of benzene rings is 1. The molecule has 0 spiro atoms. The van der Waals surface area contributed by atoms with E-state index < -0.39 is 24.2 Å². The monoisotopic (exact) mass is 462 g/mol. The van der Waals surface area contributed by atoms with Gasteiger partial charge in [-0.25, -0.2) is 9.67 Å². The highest BCUT2D eigenvalue weighted by Gasteiger charge is 2.47. The Balaban J connectivity index is 1.31. The second kappa shape index (κ2) is 8.34. The number of ether oxygens (including phenoxy) is 2. The molecule has 3 aromatic rings. The zero-order valence-electron chi connectivity index (χ0n) is 17.4. The van der Waals surface area contributed by atoms with Crippen LogP contribution in [0, 0.1) is 0 Å². The number of carbonyl (C=O) groups is 1. The molecular weight excluding hydrogens is 441 g/mol. The van der Waals surface area contributed by atoms with E-state index in [-0.39, 0.29) is 24.7 Å². The number of fused-ring (bicyclic) bond motifs is 2. The Hall–Kier alpha value is -3.70. The molecule has 33 heavy (non-hydrogen) atoms. The van der Waals surface area contributed by atoms with Crippen LogP contribution in [0.25, 0.3) is 0 Å². The molecule has 0 bridgehead atoms. The van der Waals surface area contributed by atoms with Gasteiger partial charge in [-0.2, -0.15) is 18.3 Å². The van der Waals surface area contributed by atoms with Gasteiger partial charge in [-0.1, -0.05) is 6.07 Å². The van der Waals surface area contributed by atoms with Crippen LogP contribution in [-0.2, 0) is 6.54 Å². The summed E-state index contributed by atoms with van der Waals surface area (Å²) in [6.45, 7) is 1.10. The number of nitrogens with one attached hydrogen (secondary N) is 2. The van der Waals surface area contributed by atoms with Crippen LogP contribution < -0.4 is 20.1 Å². The van der Waals surface area contributed by atoms with Gasteiger partial charge in [0, 0.05) is 38.0 Å². The molecule has 2 aromatic heterocycles. The van der Waals surface area contributed by atoms with Gasteiger partial charge in [-0.15, -0.1) is 0 Å². The maximum atomic E-state index is 13.9. The average Bonchev–Trinajstić information content (AvgIpc) is 3.54. The number of anilines is 1. The van der Waals surface area contributed by atoms with E-state index in [0.717, 1.165) is 4.68 Å². The standard InChI is InChI=1S/C21H21F3N6O3/c22-21(23,24)18-9-14(13-2-3-16-17(8-13)33-12-32-16)27-19-10-15(28-30(18)19)20(31)26-4-1-6-29-7-5-25-11-29/h2-3,5,7-8,10-11,14,18,27H,1,4,6,9,12H2,(H,26,31)/t14-,18-/m1/s1. The first-order valence-corrected chi connectivity index (χ1v) is 10.4. The fourth-order valence-electron chi connectivity index (χ4n) is 4.01. The number of aromatic nitrogens is 4. The zero-order valence-corrected chi connectivity index (χ0v) is 17.4. The molecule has 0 aliphatic carbocycles. The van der Waals surface area contributed by atoms with Crippen LogP contribution in [0.1, 0.15) is 41.0 Å². The fourth-order valence-corrected chi connectivity index (χ4v) is 4.01. The van der Waals surface area contributed by atoms with Crippen LogP contribution in [0.5, 0.6) is 11.5 Å². The van der Waals surface area contributed by atoms with Gasteiger partial charge in [-0.05, 0) is 24.1 Å². The van der Waals surface area contributed by atoms with E-state index in [1.54, 1.807) is 30.7 Å². The summed E-state index contributed by atoms with van der Waals surface area (Å²) in [4.78, 5) is 16.5. The van der Waals surface area contributed by atoms with Crippen LogP contribution in [0.4, 0.5) is 19.0 Å². The maximum Gasteiger partial charge on any atom is 0.410 e. The molecule has 2 aliphatic rings. The summed E-state index contributed by atoms with van der Waals surface area (Å²) in [6.07, 6.45) is 0.982. The predicted octanol–water partition coefficient (Wildman–Crippen LogP) is 3.29. The lowest BCUT2D eigenvalue weighted by atomic mass is 9.96. The molecule has 0 unspecified atom stereocenters.